The van der Waals surface area contributed by atoms with Gasteiger partial charge in [-0.05, 0) is 29.8 Å². The molecule has 0 aliphatic heterocycles. The molecule has 4 nitrogen and oxygen atoms in total. The normalized spacial score (nSPS) is 11.1. The number of alkyl halides is 1. The molecule has 0 unspecified atom stereocenters. The number of fused-ring (bicyclic) bond motifs is 1. The number of hydrogen-bond donors (Lipinski definition) is 1. The SMILES string of the molecule is Oc1nc(-c2ccccn2)nc2c(-c3cc(CF)ccc3F)csc12. The summed E-state index contributed by atoms with van der Waals surface area (Å²) in [4.78, 5) is 12.7. The summed E-state index contributed by atoms with van der Waals surface area (Å²) in [7, 11) is 0. The molecule has 0 bridgehead atoms. The Bertz CT molecular complexity index is 1070. The van der Waals surface area contributed by atoms with Crippen LogP contribution in [0.4, 0.5) is 8.78 Å². The van der Waals surface area contributed by atoms with E-state index in [1.165, 1.54) is 29.5 Å². The van der Waals surface area contributed by atoms with E-state index >= 15 is 0 Å². The van der Waals surface area contributed by atoms with Gasteiger partial charge in [0.1, 0.15) is 22.9 Å². The van der Waals surface area contributed by atoms with Crippen LogP contribution >= 0.6 is 11.3 Å². The Hall–Kier alpha value is -2.93. The molecule has 1 N–H and O–H groups in total. The number of aromatic hydroxyl groups is 1. The Labute approximate surface area is 145 Å². The molecule has 0 fully saturated rings. The summed E-state index contributed by atoms with van der Waals surface area (Å²) >= 11 is 1.21. The molecule has 3 aromatic heterocycles. The molecule has 4 rings (SSSR count). The van der Waals surface area contributed by atoms with Gasteiger partial charge in [-0.1, -0.05) is 12.1 Å². The molecular formula is C18H11F2N3OS. The summed E-state index contributed by atoms with van der Waals surface area (Å²) in [5.41, 5.74) is 2.01. The minimum absolute atomic E-state index is 0.191. The number of nitrogens with zero attached hydrogens (tertiary/aromatic N) is 3. The first kappa shape index (κ1) is 15.6. The van der Waals surface area contributed by atoms with Gasteiger partial charge in [0.25, 0.3) is 0 Å². The van der Waals surface area contributed by atoms with Crippen LogP contribution in [-0.2, 0) is 6.67 Å². The Morgan fingerprint density at radius 1 is 1.08 bits per heavy atom. The fraction of sp³-hybridized carbons (Fsp3) is 0.0556. The lowest BCUT2D eigenvalue weighted by atomic mass is 10.0. The molecule has 0 spiro atoms. The van der Waals surface area contributed by atoms with Crippen molar-refractivity contribution in [3.8, 4) is 28.5 Å². The van der Waals surface area contributed by atoms with Gasteiger partial charge in [-0.3, -0.25) is 4.98 Å². The molecule has 0 saturated heterocycles. The van der Waals surface area contributed by atoms with Crippen molar-refractivity contribution in [1.82, 2.24) is 15.0 Å². The highest BCUT2D eigenvalue weighted by molar-refractivity contribution is 7.18. The lowest BCUT2D eigenvalue weighted by Crippen LogP contribution is -1.93. The van der Waals surface area contributed by atoms with Gasteiger partial charge in [-0.15, -0.1) is 11.3 Å². The molecule has 1 aromatic carbocycles. The molecule has 3 heterocycles. The zero-order valence-electron chi connectivity index (χ0n) is 12.8. The van der Waals surface area contributed by atoms with Crippen LogP contribution in [0.1, 0.15) is 5.56 Å². The monoisotopic (exact) mass is 355 g/mol. The van der Waals surface area contributed by atoms with Crippen molar-refractivity contribution in [2.75, 3.05) is 0 Å². The third-order valence-electron chi connectivity index (χ3n) is 3.77. The number of hydrogen-bond acceptors (Lipinski definition) is 5. The van der Waals surface area contributed by atoms with Crippen molar-refractivity contribution in [3.05, 3.63) is 59.4 Å². The first-order valence-electron chi connectivity index (χ1n) is 7.41. The molecule has 124 valence electrons. The van der Waals surface area contributed by atoms with Gasteiger partial charge >= 0.3 is 0 Å². The van der Waals surface area contributed by atoms with Crippen LogP contribution in [0, 0.1) is 5.82 Å². The zero-order valence-corrected chi connectivity index (χ0v) is 13.6. The minimum atomic E-state index is -0.686. The largest absolute Gasteiger partial charge is 0.492 e. The van der Waals surface area contributed by atoms with Crippen molar-refractivity contribution in [2.45, 2.75) is 6.67 Å². The maximum Gasteiger partial charge on any atom is 0.233 e. The molecule has 0 aliphatic rings. The molecule has 0 amide bonds. The highest BCUT2D eigenvalue weighted by Gasteiger charge is 2.18. The van der Waals surface area contributed by atoms with Crippen molar-refractivity contribution >= 4 is 21.6 Å². The zero-order chi connectivity index (χ0) is 17.4. The van der Waals surface area contributed by atoms with Crippen molar-refractivity contribution < 1.29 is 13.9 Å². The fourth-order valence-corrected chi connectivity index (χ4v) is 3.46. The second kappa shape index (κ2) is 6.18. The van der Waals surface area contributed by atoms with Crippen LogP contribution in [0.25, 0.3) is 32.9 Å². The van der Waals surface area contributed by atoms with Crippen molar-refractivity contribution in [1.29, 1.82) is 0 Å². The lowest BCUT2D eigenvalue weighted by molar-refractivity contribution is 0.461. The maximum absolute atomic E-state index is 14.3. The van der Waals surface area contributed by atoms with Crippen LogP contribution in [0.15, 0.2) is 48.0 Å². The van der Waals surface area contributed by atoms with Gasteiger partial charge in [0.2, 0.25) is 5.88 Å². The summed E-state index contributed by atoms with van der Waals surface area (Å²) in [6.07, 6.45) is 1.60. The van der Waals surface area contributed by atoms with Crippen LogP contribution in [0.5, 0.6) is 5.88 Å². The molecule has 25 heavy (non-hydrogen) atoms. The number of aromatic nitrogens is 3. The van der Waals surface area contributed by atoms with Crippen LogP contribution < -0.4 is 0 Å². The van der Waals surface area contributed by atoms with Crippen molar-refractivity contribution in [2.24, 2.45) is 0 Å². The summed E-state index contributed by atoms with van der Waals surface area (Å²) in [6, 6.07) is 9.35. The molecule has 7 heteroatoms. The second-order valence-corrected chi connectivity index (χ2v) is 6.24. The molecule has 0 atom stereocenters. The van der Waals surface area contributed by atoms with E-state index < -0.39 is 12.5 Å². The molecule has 4 aromatic rings. The van der Waals surface area contributed by atoms with E-state index in [1.54, 1.807) is 29.8 Å². The number of thiophene rings is 1. The topological polar surface area (TPSA) is 58.9 Å². The van der Waals surface area contributed by atoms with Gasteiger partial charge in [0.05, 0.1) is 5.52 Å². The van der Waals surface area contributed by atoms with Gasteiger partial charge in [-0.2, -0.15) is 4.98 Å². The quantitative estimate of drug-likeness (QED) is 0.577. The number of benzene rings is 1. The fourth-order valence-electron chi connectivity index (χ4n) is 2.57. The Kier molecular flexibility index (Phi) is 3.85. The molecular weight excluding hydrogens is 344 g/mol. The highest BCUT2D eigenvalue weighted by atomic mass is 32.1. The predicted molar refractivity (Wildman–Crippen MR) is 92.5 cm³/mol. The third kappa shape index (κ3) is 2.72. The number of pyridine rings is 1. The average molecular weight is 355 g/mol. The summed E-state index contributed by atoms with van der Waals surface area (Å²) < 4.78 is 27.7. The summed E-state index contributed by atoms with van der Waals surface area (Å²) in [5.74, 6) is -0.425. The van der Waals surface area contributed by atoms with Crippen LogP contribution in [0.3, 0.4) is 0 Å². The molecule has 0 aliphatic carbocycles. The highest BCUT2D eigenvalue weighted by Crippen LogP contribution is 2.38. The third-order valence-corrected chi connectivity index (χ3v) is 4.73. The second-order valence-electron chi connectivity index (χ2n) is 5.36. The Balaban J connectivity index is 1.96. The van der Waals surface area contributed by atoms with E-state index in [2.05, 4.69) is 15.0 Å². The van der Waals surface area contributed by atoms with Gasteiger partial charge in [0.15, 0.2) is 5.82 Å². The van der Waals surface area contributed by atoms with E-state index in [-0.39, 0.29) is 17.3 Å². The summed E-state index contributed by atoms with van der Waals surface area (Å²) in [6.45, 7) is -0.686. The molecule has 0 saturated carbocycles. The number of halogens is 2. The van der Waals surface area contributed by atoms with Gasteiger partial charge in [0, 0.05) is 22.7 Å². The Morgan fingerprint density at radius 3 is 2.72 bits per heavy atom. The smallest absolute Gasteiger partial charge is 0.233 e. The average Bonchev–Trinajstić information content (AvgIpc) is 3.07. The summed E-state index contributed by atoms with van der Waals surface area (Å²) in [5, 5.41) is 11.9. The lowest BCUT2D eigenvalue weighted by Gasteiger charge is -2.05. The standard InChI is InChI=1S/C18H11F2N3OS/c19-8-10-4-5-13(20)11(7-10)12-9-25-16-15(12)22-17(23-18(16)24)14-3-1-2-6-21-14/h1-7,9H,8H2,(H,22,23,24). The van der Waals surface area contributed by atoms with Crippen LogP contribution in [0.2, 0.25) is 0 Å². The van der Waals surface area contributed by atoms with Crippen LogP contribution in [-0.4, -0.2) is 20.1 Å². The first-order chi connectivity index (χ1) is 12.2. The van der Waals surface area contributed by atoms with Gasteiger partial charge < -0.3 is 5.11 Å². The predicted octanol–water partition coefficient (Wildman–Crippen LogP) is 4.73. The molecule has 0 radical (unpaired) electrons. The Morgan fingerprint density at radius 2 is 1.96 bits per heavy atom. The van der Waals surface area contributed by atoms with E-state index in [0.29, 0.717) is 27.0 Å². The number of rotatable bonds is 3. The van der Waals surface area contributed by atoms with E-state index in [1.807, 2.05) is 0 Å². The minimum Gasteiger partial charge on any atom is -0.492 e. The van der Waals surface area contributed by atoms with Crippen molar-refractivity contribution in [3.63, 3.8) is 0 Å². The maximum atomic E-state index is 14.3. The van der Waals surface area contributed by atoms with E-state index in [4.69, 9.17) is 0 Å². The van der Waals surface area contributed by atoms with E-state index in [0.717, 1.165) is 0 Å². The van der Waals surface area contributed by atoms with Gasteiger partial charge in [-0.25, -0.2) is 13.8 Å². The van der Waals surface area contributed by atoms with E-state index in [9.17, 15) is 13.9 Å². The first-order valence-corrected chi connectivity index (χ1v) is 8.29.